The molecule has 3 unspecified atom stereocenters. The van der Waals surface area contributed by atoms with Crippen molar-refractivity contribution in [2.45, 2.75) is 25.7 Å². The van der Waals surface area contributed by atoms with Crippen molar-refractivity contribution in [1.29, 1.82) is 0 Å². The van der Waals surface area contributed by atoms with Gasteiger partial charge in [0.25, 0.3) is 0 Å². The first kappa shape index (κ1) is 11.0. The van der Waals surface area contributed by atoms with E-state index in [-0.39, 0.29) is 11.8 Å². The highest BCUT2D eigenvalue weighted by Crippen LogP contribution is 2.48. The van der Waals surface area contributed by atoms with Crippen LogP contribution in [-0.4, -0.2) is 15.9 Å². The second-order valence-electron chi connectivity index (χ2n) is 5.00. The van der Waals surface area contributed by atoms with Crippen LogP contribution in [0.1, 0.15) is 25.7 Å². The summed E-state index contributed by atoms with van der Waals surface area (Å²) in [6.07, 6.45) is 7.73. The Morgan fingerprint density at radius 1 is 1.35 bits per heavy atom. The van der Waals surface area contributed by atoms with Crippen molar-refractivity contribution in [3.05, 3.63) is 17.5 Å². The van der Waals surface area contributed by atoms with E-state index in [0.29, 0.717) is 16.9 Å². The molecule has 3 rings (SSSR count). The zero-order valence-corrected chi connectivity index (χ0v) is 10.2. The van der Waals surface area contributed by atoms with Crippen molar-refractivity contribution >= 4 is 23.3 Å². The van der Waals surface area contributed by atoms with Crippen molar-refractivity contribution in [3.8, 4) is 0 Å². The standard InChI is InChI=1S/C12H14ClN3O/c13-10-5-14-6-11(15-10)16-12(17)9-4-7-1-2-8(9)3-7/h5-9H,1-4H2,(H,15,16,17). The molecule has 1 aromatic rings. The van der Waals surface area contributed by atoms with E-state index < -0.39 is 0 Å². The molecule has 0 radical (unpaired) electrons. The van der Waals surface area contributed by atoms with Gasteiger partial charge in [0, 0.05) is 5.92 Å². The number of aromatic nitrogens is 2. The highest BCUT2D eigenvalue weighted by molar-refractivity contribution is 6.29. The number of nitrogens with one attached hydrogen (secondary N) is 1. The molecule has 0 saturated heterocycles. The number of hydrogen-bond acceptors (Lipinski definition) is 3. The summed E-state index contributed by atoms with van der Waals surface area (Å²) in [7, 11) is 0. The summed E-state index contributed by atoms with van der Waals surface area (Å²) in [5, 5.41) is 3.11. The van der Waals surface area contributed by atoms with Crippen molar-refractivity contribution in [1.82, 2.24) is 9.97 Å². The van der Waals surface area contributed by atoms with E-state index in [4.69, 9.17) is 11.6 Å². The number of fused-ring (bicyclic) bond motifs is 2. The van der Waals surface area contributed by atoms with Crippen LogP contribution in [0.4, 0.5) is 5.82 Å². The third-order valence-electron chi connectivity index (χ3n) is 3.93. The Morgan fingerprint density at radius 3 is 2.88 bits per heavy atom. The van der Waals surface area contributed by atoms with Crippen LogP contribution in [0, 0.1) is 17.8 Å². The van der Waals surface area contributed by atoms with Gasteiger partial charge in [-0.2, -0.15) is 0 Å². The quantitative estimate of drug-likeness (QED) is 0.879. The minimum absolute atomic E-state index is 0.0776. The number of carbonyl (C=O) groups excluding carboxylic acids is 1. The molecule has 1 aromatic heterocycles. The van der Waals surface area contributed by atoms with E-state index >= 15 is 0 Å². The van der Waals surface area contributed by atoms with Crippen LogP contribution in [0.25, 0.3) is 0 Å². The highest BCUT2D eigenvalue weighted by atomic mass is 35.5. The lowest BCUT2D eigenvalue weighted by Crippen LogP contribution is -2.27. The van der Waals surface area contributed by atoms with E-state index in [0.717, 1.165) is 12.3 Å². The molecule has 0 spiro atoms. The molecule has 4 nitrogen and oxygen atoms in total. The lowest BCUT2D eigenvalue weighted by molar-refractivity contribution is -0.121. The van der Waals surface area contributed by atoms with E-state index in [1.165, 1.54) is 31.7 Å². The van der Waals surface area contributed by atoms with Crippen LogP contribution >= 0.6 is 11.6 Å². The maximum Gasteiger partial charge on any atom is 0.228 e. The summed E-state index contributed by atoms with van der Waals surface area (Å²) in [5.74, 6) is 2.03. The maximum absolute atomic E-state index is 12.1. The van der Waals surface area contributed by atoms with Gasteiger partial charge in [-0.1, -0.05) is 18.0 Å². The van der Waals surface area contributed by atoms with Gasteiger partial charge in [0.15, 0.2) is 5.82 Å². The molecule has 2 bridgehead atoms. The van der Waals surface area contributed by atoms with Gasteiger partial charge < -0.3 is 5.32 Å². The molecule has 3 atom stereocenters. The summed E-state index contributed by atoms with van der Waals surface area (Å²) in [5.41, 5.74) is 0. The van der Waals surface area contributed by atoms with Crippen LogP contribution in [-0.2, 0) is 4.79 Å². The molecule has 1 N–H and O–H groups in total. The summed E-state index contributed by atoms with van der Waals surface area (Å²) in [4.78, 5) is 20.0. The second-order valence-corrected chi connectivity index (χ2v) is 5.38. The molecule has 2 saturated carbocycles. The average Bonchev–Trinajstić information content (AvgIpc) is 2.90. The van der Waals surface area contributed by atoms with Gasteiger partial charge in [-0.05, 0) is 31.1 Å². The molecule has 0 aromatic carbocycles. The normalized spacial score (nSPS) is 30.5. The predicted octanol–water partition coefficient (Wildman–Crippen LogP) is 2.50. The lowest BCUT2D eigenvalue weighted by Gasteiger charge is -2.20. The molecular weight excluding hydrogens is 238 g/mol. The van der Waals surface area contributed by atoms with E-state index in [9.17, 15) is 4.79 Å². The van der Waals surface area contributed by atoms with Gasteiger partial charge in [0.05, 0.1) is 12.4 Å². The van der Waals surface area contributed by atoms with E-state index in [2.05, 4.69) is 15.3 Å². The first-order valence-corrected chi connectivity index (χ1v) is 6.38. The fourth-order valence-electron chi connectivity index (χ4n) is 3.19. The largest absolute Gasteiger partial charge is 0.309 e. The Morgan fingerprint density at radius 2 is 2.24 bits per heavy atom. The van der Waals surface area contributed by atoms with Crippen molar-refractivity contribution in [3.63, 3.8) is 0 Å². The lowest BCUT2D eigenvalue weighted by atomic mass is 9.88. The fourth-order valence-corrected chi connectivity index (χ4v) is 3.33. The highest BCUT2D eigenvalue weighted by Gasteiger charge is 2.43. The summed E-state index contributed by atoms with van der Waals surface area (Å²) < 4.78 is 0. The van der Waals surface area contributed by atoms with Crippen LogP contribution in [0.15, 0.2) is 12.4 Å². The van der Waals surface area contributed by atoms with Gasteiger partial charge in [-0.3, -0.25) is 9.78 Å². The predicted molar refractivity (Wildman–Crippen MR) is 64.6 cm³/mol. The minimum Gasteiger partial charge on any atom is -0.309 e. The van der Waals surface area contributed by atoms with Gasteiger partial charge >= 0.3 is 0 Å². The van der Waals surface area contributed by atoms with Gasteiger partial charge in [-0.25, -0.2) is 4.98 Å². The summed E-state index contributed by atoms with van der Waals surface area (Å²) in [6, 6.07) is 0. The fraction of sp³-hybridized carbons (Fsp3) is 0.583. The smallest absolute Gasteiger partial charge is 0.228 e. The summed E-state index contributed by atoms with van der Waals surface area (Å²) >= 11 is 5.73. The van der Waals surface area contributed by atoms with Crippen LogP contribution in [0.5, 0.6) is 0 Å². The molecule has 2 aliphatic carbocycles. The van der Waals surface area contributed by atoms with Crippen molar-refractivity contribution in [2.75, 3.05) is 5.32 Å². The molecule has 90 valence electrons. The van der Waals surface area contributed by atoms with Crippen LogP contribution in [0.2, 0.25) is 5.15 Å². The number of rotatable bonds is 2. The number of carbonyl (C=O) groups is 1. The Kier molecular flexibility index (Phi) is 2.74. The van der Waals surface area contributed by atoms with E-state index in [1.54, 1.807) is 0 Å². The topological polar surface area (TPSA) is 54.9 Å². The zero-order chi connectivity index (χ0) is 11.8. The molecule has 2 aliphatic rings. The Labute approximate surface area is 105 Å². The number of hydrogen-bond donors (Lipinski definition) is 1. The SMILES string of the molecule is O=C(Nc1cncc(Cl)n1)C1CC2CCC1C2. The number of nitrogens with zero attached hydrogens (tertiary/aromatic N) is 2. The van der Waals surface area contributed by atoms with Gasteiger partial charge in [-0.15, -0.1) is 0 Å². The Hall–Kier alpha value is -1.16. The summed E-state index contributed by atoms with van der Waals surface area (Å²) in [6.45, 7) is 0. The maximum atomic E-state index is 12.1. The van der Waals surface area contributed by atoms with Gasteiger partial charge in [0.1, 0.15) is 5.15 Å². The molecule has 5 heteroatoms. The zero-order valence-electron chi connectivity index (χ0n) is 9.40. The molecule has 1 heterocycles. The average molecular weight is 252 g/mol. The van der Waals surface area contributed by atoms with Crippen LogP contribution < -0.4 is 5.32 Å². The number of halogens is 1. The third-order valence-corrected chi connectivity index (χ3v) is 4.11. The van der Waals surface area contributed by atoms with E-state index in [1.807, 2.05) is 0 Å². The third kappa shape index (κ3) is 2.14. The molecule has 0 aliphatic heterocycles. The second kappa shape index (κ2) is 4.26. The van der Waals surface area contributed by atoms with Gasteiger partial charge in [0.2, 0.25) is 5.91 Å². The van der Waals surface area contributed by atoms with Crippen molar-refractivity contribution in [2.24, 2.45) is 17.8 Å². The molecule has 17 heavy (non-hydrogen) atoms. The Balaban J connectivity index is 1.68. The molecule has 1 amide bonds. The molecule has 2 fully saturated rings. The van der Waals surface area contributed by atoms with Crippen molar-refractivity contribution < 1.29 is 4.79 Å². The first-order valence-electron chi connectivity index (χ1n) is 6.01. The Bertz CT molecular complexity index is 451. The minimum atomic E-state index is 0.0776. The first-order chi connectivity index (χ1) is 8.22. The molecular formula is C12H14ClN3O. The number of amides is 1. The number of anilines is 1. The monoisotopic (exact) mass is 251 g/mol. The van der Waals surface area contributed by atoms with Crippen LogP contribution in [0.3, 0.4) is 0 Å².